The molecule has 0 bridgehead atoms. The Morgan fingerprint density at radius 1 is 1.10 bits per heavy atom. The van der Waals surface area contributed by atoms with Gasteiger partial charge in [0.25, 0.3) is 5.91 Å². The van der Waals surface area contributed by atoms with Crippen molar-refractivity contribution < 1.29 is 9.21 Å². The van der Waals surface area contributed by atoms with E-state index in [0.717, 1.165) is 4.47 Å². The Hall–Kier alpha value is -2.40. The molecule has 0 aliphatic carbocycles. The third kappa shape index (κ3) is 2.73. The molecule has 0 aliphatic rings. The zero-order valence-electron chi connectivity index (χ0n) is 10.8. The van der Waals surface area contributed by atoms with Gasteiger partial charge in [0.2, 0.25) is 5.43 Å². The summed E-state index contributed by atoms with van der Waals surface area (Å²) < 4.78 is 6.11. The minimum atomic E-state index is -0.489. The molecule has 5 heteroatoms. The van der Waals surface area contributed by atoms with Crippen LogP contribution in [-0.2, 0) is 0 Å². The van der Waals surface area contributed by atoms with Gasteiger partial charge in [0.05, 0.1) is 5.39 Å². The second-order valence-corrected chi connectivity index (χ2v) is 5.35. The van der Waals surface area contributed by atoms with Gasteiger partial charge in [0.15, 0.2) is 0 Å². The summed E-state index contributed by atoms with van der Waals surface area (Å²) in [5.74, 6) is -0.489. The molecule has 4 nitrogen and oxygen atoms in total. The van der Waals surface area contributed by atoms with Crippen molar-refractivity contribution in [3.63, 3.8) is 0 Å². The first kappa shape index (κ1) is 13.6. The molecule has 0 aliphatic heterocycles. The van der Waals surface area contributed by atoms with Crippen molar-refractivity contribution in [1.29, 1.82) is 0 Å². The van der Waals surface area contributed by atoms with Crippen LogP contribution in [0.1, 0.15) is 10.4 Å². The largest absolute Gasteiger partial charge is 0.463 e. The van der Waals surface area contributed by atoms with Crippen molar-refractivity contribution in [2.24, 2.45) is 0 Å². The molecular formula is C16H10BrNO3. The Balaban J connectivity index is 2.02. The quantitative estimate of drug-likeness (QED) is 0.769. The van der Waals surface area contributed by atoms with Crippen molar-refractivity contribution in [3.05, 3.63) is 75.1 Å². The highest BCUT2D eigenvalue weighted by molar-refractivity contribution is 9.10. The minimum Gasteiger partial charge on any atom is -0.463 e. The molecule has 1 amide bonds. The molecule has 3 aromatic rings. The molecule has 0 saturated carbocycles. The van der Waals surface area contributed by atoms with Gasteiger partial charge in [-0.15, -0.1) is 0 Å². The lowest BCUT2D eigenvalue weighted by atomic mass is 10.1. The zero-order chi connectivity index (χ0) is 14.8. The standard InChI is InChI=1S/C16H10BrNO3/c17-10-6-7-14-12(8-10)15(19)13(9-21-14)16(20)18-11-4-2-1-3-5-11/h1-9H,(H,18,20). The van der Waals surface area contributed by atoms with Crippen LogP contribution in [-0.4, -0.2) is 5.91 Å². The molecule has 3 rings (SSSR count). The van der Waals surface area contributed by atoms with Crippen LogP contribution in [0.5, 0.6) is 0 Å². The van der Waals surface area contributed by atoms with Crippen molar-refractivity contribution in [2.45, 2.75) is 0 Å². The van der Waals surface area contributed by atoms with Crippen molar-refractivity contribution in [2.75, 3.05) is 5.32 Å². The van der Waals surface area contributed by atoms with E-state index in [4.69, 9.17) is 4.42 Å². The van der Waals surface area contributed by atoms with Gasteiger partial charge in [0, 0.05) is 10.2 Å². The van der Waals surface area contributed by atoms with Crippen molar-refractivity contribution >= 4 is 38.5 Å². The van der Waals surface area contributed by atoms with Gasteiger partial charge in [0.1, 0.15) is 17.4 Å². The average molecular weight is 344 g/mol. The SMILES string of the molecule is O=C(Nc1ccccc1)c1coc2ccc(Br)cc2c1=O. The summed E-state index contributed by atoms with van der Waals surface area (Å²) in [6, 6.07) is 14.0. The van der Waals surface area contributed by atoms with E-state index in [2.05, 4.69) is 21.2 Å². The number of carbonyl (C=O) groups excluding carboxylic acids is 1. The van der Waals surface area contributed by atoms with E-state index in [-0.39, 0.29) is 11.0 Å². The summed E-state index contributed by atoms with van der Waals surface area (Å²) in [6.07, 6.45) is 1.19. The lowest BCUT2D eigenvalue weighted by Gasteiger charge is -2.05. The van der Waals surface area contributed by atoms with Gasteiger partial charge < -0.3 is 9.73 Å². The second-order valence-electron chi connectivity index (χ2n) is 4.44. The third-order valence-corrected chi connectivity index (χ3v) is 3.50. The molecule has 1 heterocycles. The number of halogens is 1. The second kappa shape index (κ2) is 5.54. The normalized spacial score (nSPS) is 10.5. The minimum absolute atomic E-state index is 0.0237. The van der Waals surface area contributed by atoms with Gasteiger partial charge in [-0.05, 0) is 30.3 Å². The highest BCUT2D eigenvalue weighted by Gasteiger charge is 2.14. The maximum absolute atomic E-state index is 12.4. The molecule has 21 heavy (non-hydrogen) atoms. The maximum atomic E-state index is 12.4. The first-order valence-electron chi connectivity index (χ1n) is 6.22. The van der Waals surface area contributed by atoms with Crippen LogP contribution in [0, 0.1) is 0 Å². The van der Waals surface area contributed by atoms with Crippen LogP contribution in [0.15, 0.2) is 68.5 Å². The number of amides is 1. The highest BCUT2D eigenvalue weighted by atomic mass is 79.9. The number of anilines is 1. The Morgan fingerprint density at radius 3 is 2.62 bits per heavy atom. The molecule has 0 saturated heterocycles. The van der Waals surface area contributed by atoms with Gasteiger partial charge in [-0.25, -0.2) is 0 Å². The fraction of sp³-hybridized carbons (Fsp3) is 0. The first-order valence-corrected chi connectivity index (χ1v) is 7.02. The Bertz CT molecular complexity index is 872. The molecule has 2 aromatic carbocycles. The average Bonchev–Trinajstić information content (AvgIpc) is 2.49. The van der Waals surface area contributed by atoms with Gasteiger partial charge in [-0.1, -0.05) is 34.1 Å². The van der Waals surface area contributed by atoms with Crippen molar-refractivity contribution in [1.82, 2.24) is 0 Å². The van der Waals surface area contributed by atoms with Crippen LogP contribution in [0.3, 0.4) is 0 Å². The van der Waals surface area contributed by atoms with Crippen molar-refractivity contribution in [3.8, 4) is 0 Å². The fourth-order valence-electron chi connectivity index (χ4n) is 1.98. The predicted octanol–water partition coefficient (Wildman–Crippen LogP) is 3.81. The van der Waals surface area contributed by atoms with Crippen LogP contribution in [0.4, 0.5) is 5.69 Å². The van der Waals surface area contributed by atoms with E-state index in [1.165, 1.54) is 6.26 Å². The number of benzene rings is 2. The number of para-hydroxylation sites is 1. The smallest absolute Gasteiger partial charge is 0.262 e. The molecule has 0 radical (unpaired) electrons. The summed E-state index contributed by atoms with van der Waals surface area (Å²) in [7, 11) is 0. The first-order chi connectivity index (χ1) is 10.1. The van der Waals surface area contributed by atoms with E-state index in [0.29, 0.717) is 16.7 Å². The maximum Gasteiger partial charge on any atom is 0.262 e. The van der Waals surface area contributed by atoms with Crippen LogP contribution >= 0.6 is 15.9 Å². The van der Waals surface area contributed by atoms with Gasteiger partial charge in [-0.3, -0.25) is 9.59 Å². The lowest BCUT2D eigenvalue weighted by molar-refractivity contribution is 0.102. The molecule has 1 aromatic heterocycles. The molecule has 0 spiro atoms. The van der Waals surface area contributed by atoms with Gasteiger partial charge >= 0.3 is 0 Å². The van der Waals surface area contributed by atoms with Crippen LogP contribution in [0.2, 0.25) is 0 Å². The topological polar surface area (TPSA) is 59.3 Å². The van der Waals surface area contributed by atoms with E-state index < -0.39 is 5.91 Å². The Morgan fingerprint density at radius 2 is 1.86 bits per heavy atom. The zero-order valence-corrected chi connectivity index (χ0v) is 12.4. The number of rotatable bonds is 2. The van der Waals surface area contributed by atoms with E-state index in [1.807, 2.05) is 6.07 Å². The molecule has 104 valence electrons. The fourth-order valence-corrected chi connectivity index (χ4v) is 2.34. The number of carbonyl (C=O) groups is 1. The summed E-state index contributed by atoms with van der Waals surface area (Å²) >= 11 is 3.30. The molecule has 0 atom stereocenters. The summed E-state index contributed by atoms with van der Waals surface area (Å²) in [5.41, 5.74) is 0.686. The molecule has 0 unspecified atom stereocenters. The van der Waals surface area contributed by atoms with Gasteiger partial charge in [-0.2, -0.15) is 0 Å². The summed E-state index contributed by atoms with van der Waals surface area (Å²) in [6.45, 7) is 0. The van der Waals surface area contributed by atoms with E-state index in [9.17, 15) is 9.59 Å². The number of hydrogen-bond acceptors (Lipinski definition) is 3. The van der Waals surface area contributed by atoms with E-state index in [1.54, 1.807) is 42.5 Å². The number of nitrogens with one attached hydrogen (secondary N) is 1. The number of fused-ring (bicyclic) bond motifs is 1. The monoisotopic (exact) mass is 343 g/mol. The summed E-state index contributed by atoms with van der Waals surface area (Å²) in [5, 5.41) is 3.03. The Kier molecular flexibility index (Phi) is 3.58. The van der Waals surface area contributed by atoms with Crippen LogP contribution < -0.4 is 10.7 Å². The third-order valence-electron chi connectivity index (χ3n) is 3.01. The highest BCUT2D eigenvalue weighted by Crippen LogP contribution is 2.18. The molecule has 0 fully saturated rings. The lowest BCUT2D eigenvalue weighted by Crippen LogP contribution is -2.21. The van der Waals surface area contributed by atoms with E-state index >= 15 is 0 Å². The number of hydrogen-bond donors (Lipinski definition) is 1. The summed E-state index contributed by atoms with van der Waals surface area (Å²) in [4.78, 5) is 24.6. The Labute approximate surface area is 128 Å². The van der Waals surface area contributed by atoms with Crippen LogP contribution in [0.25, 0.3) is 11.0 Å². The molecular weight excluding hydrogens is 334 g/mol. The predicted molar refractivity (Wildman–Crippen MR) is 84.6 cm³/mol. The molecule has 1 N–H and O–H groups in total.